The number of carbonyl (C=O) groups is 2. The number of aliphatic carboxylic acids is 1. The lowest BCUT2D eigenvalue weighted by Gasteiger charge is -2.40. The Morgan fingerprint density at radius 2 is 1.81 bits per heavy atom. The highest BCUT2D eigenvalue weighted by Crippen LogP contribution is 2.40. The predicted molar refractivity (Wildman–Crippen MR) is 148 cm³/mol. The summed E-state index contributed by atoms with van der Waals surface area (Å²) in [7, 11) is 0. The summed E-state index contributed by atoms with van der Waals surface area (Å²) >= 11 is 12.6. The van der Waals surface area contributed by atoms with Crippen LogP contribution in [0.15, 0.2) is 36.5 Å². The van der Waals surface area contributed by atoms with Crippen molar-refractivity contribution < 1.29 is 14.7 Å². The van der Waals surface area contributed by atoms with Crippen molar-refractivity contribution in [1.29, 1.82) is 0 Å². The van der Waals surface area contributed by atoms with Crippen molar-refractivity contribution in [1.82, 2.24) is 19.4 Å². The predicted octanol–water partition coefficient (Wildman–Crippen LogP) is 5.23. The zero-order chi connectivity index (χ0) is 25.6. The molecule has 37 heavy (non-hydrogen) atoms. The molecule has 2 aromatic heterocycles. The van der Waals surface area contributed by atoms with Gasteiger partial charge in [-0.2, -0.15) is 0 Å². The van der Waals surface area contributed by atoms with E-state index in [2.05, 4.69) is 29.4 Å². The molecule has 0 unspecified atom stereocenters. The number of hydrogen-bond acceptors (Lipinski definition) is 4. The number of carboxylic acids is 1. The standard InChI is InChI=1S/C27H30Cl2N4O3.ClH/c1-27(2)16-32(23(34)15-31-8-5-18(6-9-31)26(35)36)14-22-24(27)21-4-3-7-30-25(21)33(22)13-17-10-19(28)12-20(29)11-17;/h3-4,7,10-12,18H,5-6,8-9,13-16H2,1-2H3,(H,35,36);1H. The molecule has 2 aliphatic heterocycles. The molecule has 5 rings (SSSR count). The number of rotatable bonds is 5. The number of pyridine rings is 1. The van der Waals surface area contributed by atoms with Gasteiger partial charge in [-0.25, -0.2) is 4.98 Å². The first kappa shape index (κ1) is 27.7. The molecule has 1 amide bonds. The summed E-state index contributed by atoms with van der Waals surface area (Å²) in [5, 5.41) is 11.5. The Kier molecular flexibility index (Phi) is 8.10. The van der Waals surface area contributed by atoms with E-state index in [1.54, 1.807) is 12.3 Å². The van der Waals surface area contributed by atoms with Crippen molar-refractivity contribution in [3.8, 4) is 0 Å². The number of carbonyl (C=O) groups excluding carboxylic acids is 1. The van der Waals surface area contributed by atoms with E-state index in [4.69, 9.17) is 28.2 Å². The number of halogens is 3. The fraction of sp³-hybridized carbons (Fsp3) is 0.444. The first-order valence-electron chi connectivity index (χ1n) is 12.3. The molecular weight excluding hydrogens is 535 g/mol. The monoisotopic (exact) mass is 564 g/mol. The van der Waals surface area contributed by atoms with E-state index >= 15 is 0 Å². The third kappa shape index (κ3) is 5.60. The van der Waals surface area contributed by atoms with Gasteiger partial charge >= 0.3 is 5.97 Å². The zero-order valence-corrected chi connectivity index (χ0v) is 23.2. The van der Waals surface area contributed by atoms with Crippen molar-refractivity contribution in [2.75, 3.05) is 26.2 Å². The van der Waals surface area contributed by atoms with Gasteiger partial charge in [0.25, 0.3) is 0 Å². The number of carboxylic acid groups (broad SMARTS) is 1. The van der Waals surface area contributed by atoms with E-state index in [1.165, 1.54) is 5.56 Å². The molecule has 0 atom stereocenters. The minimum Gasteiger partial charge on any atom is -0.481 e. The number of benzene rings is 1. The van der Waals surface area contributed by atoms with E-state index in [9.17, 15) is 14.7 Å². The summed E-state index contributed by atoms with van der Waals surface area (Å²) in [5.41, 5.74) is 3.90. The van der Waals surface area contributed by atoms with Gasteiger partial charge in [0, 0.05) is 45.8 Å². The molecular formula is C27H31Cl3N4O3. The maximum absolute atomic E-state index is 13.5. The zero-order valence-electron chi connectivity index (χ0n) is 20.9. The van der Waals surface area contributed by atoms with E-state index in [-0.39, 0.29) is 29.6 Å². The Balaban J connectivity index is 0.00000320. The number of piperidine rings is 1. The van der Waals surface area contributed by atoms with Crippen LogP contribution in [-0.4, -0.2) is 62.5 Å². The minimum atomic E-state index is -0.742. The van der Waals surface area contributed by atoms with Gasteiger partial charge in [-0.3, -0.25) is 14.5 Å². The van der Waals surface area contributed by atoms with E-state index < -0.39 is 5.97 Å². The van der Waals surface area contributed by atoms with Crippen LogP contribution >= 0.6 is 35.6 Å². The number of fused-ring (bicyclic) bond motifs is 3. The maximum atomic E-state index is 13.5. The van der Waals surface area contributed by atoms with Crippen LogP contribution in [0, 0.1) is 5.92 Å². The van der Waals surface area contributed by atoms with Gasteiger partial charge in [-0.15, -0.1) is 12.4 Å². The third-order valence-corrected chi connectivity index (χ3v) is 7.88. The van der Waals surface area contributed by atoms with E-state index in [1.807, 2.05) is 23.1 Å². The Morgan fingerprint density at radius 3 is 2.46 bits per heavy atom. The second kappa shape index (κ2) is 10.8. The lowest BCUT2D eigenvalue weighted by atomic mass is 9.79. The molecule has 7 nitrogen and oxygen atoms in total. The van der Waals surface area contributed by atoms with Crippen LogP contribution in [0.5, 0.6) is 0 Å². The molecule has 0 aliphatic carbocycles. The second-order valence-corrected chi connectivity index (χ2v) is 11.5. The molecule has 2 aliphatic rings. The first-order chi connectivity index (χ1) is 17.1. The van der Waals surface area contributed by atoms with Gasteiger partial charge in [0.15, 0.2) is 0 Å². The number of hydrogen-bond donors (Lipinski definition) is 1. The highest BCUT2D eigenvalue weighted by atomic mass is 35.5. The van der Waals surface area contributed by atoms with E-state index in [0.29, 0.717) is 62.2 Å². The molecule has 3 aromatic rings. The Bertz CT molecular complexity index is 1310. The summed E-state index contributed by atoms with van der Waals surface area (Å²) < 4.78 is 2.19. The van der Waals surface area contributed by atoms with Crippen LogP contribution in [-0.2, 0) is 28.1 Å². The second-order valence-electron chi connectivity index (χ2n) is 10.6. The maximum Gasteiger partial charge on any atom is 0.306 e. The molecule has 4 heterocycles. The van der Waals surface area contributed by atoms with Crippen molar-refractivity contribution in [2.24, 2.45) is 5.92 Å². The summed E-state index contributed by atoms with van der Waals surface area (Å²) in [6, 6.07) is 9.60. The molecule has 1 saturated heterocycles. The summed E-state index contributed by atoms with van der Waals surface area (Å²) in [6.07, 6.45) is 2.96. The average molecular weight is 566 g/mol. The van der Waals surface area contributed by atoms with Crippen molar-refractivity contribution >= 4 is 58.5 Å². The Hall–Kier alpha value is -2.32. The molecule has 1 fully saturated rings. The third-order valence-electron chi connectivity index (χ3n) is 7.44. The van der Waals surface area contributed by atoms with Gasteiger partial charge in [0.05, 0.1) is 19.0 Å². The average Bonchev–Trinajstić information content (AvgIpc) is 3.13. The fourth-order valence-electron chi connectivity index (χ4n) is 5.80. The van der Waals surface area contributed by atoms with Gasteiger partial charge in [-0.1, -0.05) is 37.0 Å². The number of amides is 1. The SMILES string of the molecule is CC1(C)CN(C(=O)CN2CCC(C(=O)O)CC2)Cc2c1c1cccnc1n2Cc1cc(Cl)cc(Cl)c1.Cl. The number of likely N-dealkylation sites (tertiary alicyclic amines) is 1. The van der Waals surface area contributed by atoms with Crippen molar-refractivity contribution in [3.05, 3.63) is 63.4 Å². The van der Waals surface area contributed by atoms with Crippen molar-refractivity contribution in [3.63, 3.8) is 0 Å². The molecule has 0 saturated carbocycles. The van der Waals surface area contributed by atoms with Gasteiger partial charge in [0.1, 0.15) is 5.65 Å². The Morgan fingerprint density at radius 1 is 1.14 bits per heavy atom. The molecule has 10 heteroatoms. The largest absolute Gasteiger partial charge is 0.481 e. The topological polar surface area (TPSA) is 78.7 Å². The van der Waals surface area contributed by atoms with Crippen LogP contribution in [0.1, 0.15) is 43.5 Å². The van der Waals surface area contributed by atoms with Gasteiger partial charge in [0.2, 0.25) is 5.91 Å². The molecule has 1 N–H and O–H groups in total. The summed E-state index contributed by atoms with van der Waals surface area (Å²) in [6.45, 7) is 7.57. The van der Waals surface area contributed by atoms with E-state index in [0.717, 1.165) is 22.3 Å². The lowest BCUT2D eigenvalue weighted by molar-refractivity contribution is -0.143. The highest BCUT2D eigenvalue weighted by Gasteiger charge is 2.39. The molecule has 0 radical (unpaired) electrons. The highest BCUT2D eigenvalue weighted by molar-refractivity contribution is 6.34. The lowest BCUT2D eigenvalue weighted by Crippen LogP contribution is -2.49. The minimum absolute atomic E-state index is 0. The first-order valence-corrected chi connectivity index (χ1v) is 13.0. The molecule has 0 bridgehead atoms. The van der Waals surface area contributed by atoms with Crippen LogP contribution in [0.25, 0.3) is 11.0 Å². The normalized spacial score (nSPS) is 17.9. The van der Waals surface area contributed by atoms with Crippen LogP contribution in [0.2, 0.25) is 10.0 Å². The number of nitrogens with zero attached hydrogens (tertiary/aromatic N) is 4. The van der Waals surface area contributed by atoms with Crippen LogP contribution in [0.3, 0.4) is 0 Å². The van der Waals surface area contributed by atoms with Crippen LogP contribution < -0.4 is 0 Å². The number of aromatic nitrogens is 2. The van der Waals surface area contributed by atoms with Crippen molar-refractivity contribution in [2.45, 2.75) is 45.2 Å². The van der Waals surface area contributed by atoms with Gasteiger partial charge < -0.3 is 14.6 Å². The molecule has 1 aromatic carbocycles. The quantitative estimate of drug-likeness (QED) is 0.458. The summed E-state index contributed by atoms with van der Waals surface area (Å²) in [5.74, 6) is -0.984. The molecule has 198 valence electrons. The van der Waals surface area contributed by atoms with Crippen LogP contribution in [0.4, 0.5) is 0 Å². The fourth-order valence-corrected chi connectivity index (χ4v) is 6.37. The Labute approximate surface area is 232 Å². The van der Waals surface area contributed by atoms with Gasteiger partial charge in [-0.05, 0) is 67.4 Å². The smallest absolute Gasteiger partial charge is 0.306 e. The summed E-state index contributed by atoms with van der Waals surface area (Å²) in [4.78, 5) is 33.5. The molecule has 0 spiro atoms.